The Hall–Kier alpha value is -4.70. The number of aliphatic carboxylic acids is 2. The van der Waals surface area contributed by atoms with E-state index in [2.05, 4.69) is 41.3 Å². The number of aliphatic hydroxyl groups is 1. The van der Waals surface area contributed by atoms with Crippen molar-refractivity contribution in [3.05, 3.63) is 131 Å². The van der Waals surface area contributed by atoms with Gasteiger partial charge in [-0.25, -0.2) is 9.59 Å². The molecule has 0 aromatic heterocycles. The fraction of sp³-hybridized carbons (Fsp3) is 0.270. The van der Waals surface area contributed by atoms with E-state index in [0.29, 0.717) is 11.4 Å². The van der Waals surface area contributed by atoms with Crippen LogP contribution in [0.1, 0.15) is 54.8 Å². The molecular formula is C37H39ClN2O7. The van der Waals surface area contributed by atoms with Crippen molar-refractivity contribution < 1.29 is 35.2 Å². The number of halogens is 1. The fourth-order valence-corrected chi connectivity index (χ4v) is 6.74. The maximum Gasteiger partial charge on any atom is 0.414 e. The van der Waals surface area contributed by atoms with E-state index in [9.17, 15) is 9.90 Å². The van der Waals surface area contributed by atoms with Crippen LogP contribution in [0.15, 0.2) is 109 Å². The average molecular weight is 659 g/mol. The Labute approximate surface area is 279 Å². The number of amides is 1. The number of anilines is 2. The topological polar surface area (TPSA) is 150 Å². The van der Waals surface area contributed by atoms with Crippen LogP contribution in [0.25, 0.3) is 0 Å². The average Bonchev–Trinajstić information content (AvgIpc) is 3.09. The van der Waals surface area contributed by atoms with Gasteiger partial charge < -0.3 is 30.6 Å². The third-order valence-electron chi connectivity index (χ3n) is 8.87. The van der Waals surface area contributed by atoms with Crippen LogP contribution in [0.2, 0.25) is 5.02 Å². The standard InChI is InChI=1S/C35H35ClN2O2.C2H2O4.H2O/c36-30-19-17-28(18-20-30)35(40,27-11-5-2-6-12-27)29-21-23-37(24-22-29)31-13-7-14-32(25-31)38-33(15-8-16-34(38)39)26-9-3-1-4-10-26;3-1(4)2(5)6;/h1-7,9-14,17-20,25,29,33,40H,8,15-16,21-24H2;(H,3,4)(H,5,6);1H2. The molecule has 10 heteroatoms. The molecule has 2 fully saturated rings. The molecule has 6 rings (SSSR count). The summed E-state index contributed by atoms with van der Waals surface area (Å²) in [6.07, 6.45) is 4.15. The van der Waals surface area contributed by atoms with Crippen LogP contribution in [0.3, 0.4) is 0 Å². The molecule has 0 spiro atoms. The second-order valence-electron chi connectivity index (χ2n) is 11.6. The molecule has 2 heterocycles. The normalized spacial score (nSPS) is 17.8. The van der Waals surface area contributed by atoms with E-state index in [-0.39, 0.29) is 23.3 Å². The van der Waals surface area contributed by atoms with Crippen molar-refractivity contribution in [2.45, 2.75) is 43.7 Å². The minimum atomic E-state index is -1.82. The second-order valence-corrected chi connectivity index (χ2v) is 12.0. The number of carbonyl (C=O) groups is 3. The molecule has 2 aliphatic heterocycles. The number of rotatable bonds is 6. The molecule has 0 saturated carbocycles. The Bertz CT molecular complexity index is 1630. The second kappa shape index (κ2) is 15.7. The first-order valence-corrected chi connectivity index (χ1v) is 15.8. The van der Waals surface area contributed by atoms with Crippen LogP contribution in [-0.2, 0) is 20.0 Å². The number of carbonyl (C=O) groups excluding carboxylic acids is 1. The highest BCUT2D eigenvalue weighted by atomic mass is 35.5. The number of nitrogens with zero attached hydrogens (tertiary/aromatic N) is 2. The number of carboxylic acid groups (broad SMARTS) is 2. The van der Waals surface area contributed by atoms with Gasteiger partial charge in [0.25, 0.3) is 0 Å². The largest absolute Gasteiger partial charge is 0.473 e. The summed E-state index contributed by atoms with van der Waals surface area (Å²) in [7, 11) is 0. The monoisotopic (exact) mass is 658 g/mol. The van der Waals surface area contributed by atoms with Crippen LogP contribution in [0, 0.1) is 5.92 Å². The van der Waals surface area contributed by atoms with E-state index in [1.807, 2.05) is 77.7 Å². The molecular weight excluding hydrogens is 620 g/mol. The lowest BCUT2D eigenvalue weighted by atomic mass is 9.72. The molecule has 2 aliphatic rings. The summed E-state index contributed by atoms with van der Waals surface area (Å²) in [5.41, 5.74) is 3.95. The predicted molar refractivity (Wildman–Crippen MR) is 182 cm³/mol. The molecule has 1 amide bonds. The zero-order chi connectivity index (χ0) is 32.7. The van der Waals surface area contributed by atoms with Crippen molar-refractivity contribution in [1.29, 1.82) is 0 Å². The highest BCUT2D eigenvalue weighted by Gasteiger charge is 2.41. The summed E-state index contributed by atoms with van der Waals surface area (Å²) < 4.78 is 0. The molecule has 0 aliphatic carbocycles. The van der Waals surface area contributed by atoms with Crippen LogP contribution < -0.4 is 9.80 Å². The van der Waals surface area contributed by atoms with Crippen molar-refractivity contribution >= 4 is 40.8 Å². The summed E-state index contributed by atoms with van der Waals surface area (Å²) in [4.78, 5) is 35.8. The Morgan fingerprint density at radius 2 is 1.28 bits per heavy atom. The van der Waals surface area contributed by atoms with Gasteiger partial charge in [0.15, 0.2) is 0 Å². The van der Waals surface area contributed by atoms with Gasteiger partial charge in [0.05, 0.1) is 6.04 Å². The Kier molecular flexibility index (Phi) is 11.8. The lowest BCUT2D eigenvalue weighted by Crippen LogP contribution is -2.44. The lowest BCUT2D eigenvalue weighted by Gasteiger charge is -2.43. The first-order valence-electron chi connectivity index (χ1n) is 15.4. The lowest BCUT2D eigenvalue weighted by molar-refractivity contribution is -0.159. The van der Waals surface area contributed by atoms with Crippen LogP contribution in [-0.4, -0.2) is 51.7 Å². The quantitative estimate of drug-likeness (QED) is 0.212. The molecule has 0 bridgehead atoms. The van der Waals surface area contributed by atoms with E-state index in [0.717, 1.165) is 61.3 Å². The minimum Gasteiger partial charge on any atom is -0.473 e. The van der Waals surface area contributed by atoms with Crippen LogP contribution in [0.4, 0.5) is 11.4 Å². The summed E-state index contributed by atoms with van der Waals surface area (Å²) in [6.45, 7) is 1.65. The molecule has 9 nitrogen and oxygen atoms in total. The van der Waals surface area contributed by atoms with Gasteiger partial charge in [0.2, 0.25) is 5.91 Å². The van der Waals surface area contributed by atoms with E-state index >= 15 is 0 Å². The van der Waals surface area contributed by atoms with Crippen molar-refractivity contribution in [1.82, 2.24) is 0 Å². The first-order chi connectivity index (χ1) is 22.2. The summed E-state index contributed by atoms with van der Waals surface area (Å²) in [5.74, 6) is -3.40. The predicted octanol–water partition coefficient (Wildman–Crippen LogP) is 6.08. The number of carboxylic acids is 2. The molecule has 4 aromatic rings. The molecule has 5 N–H and O–H groups in total. The van der Waals surface area contributed by atoms with Gasteiger partial charge in [-0.05, 0) is 78.6 Å². The van der Waals surface area contributed by atoms with Gasteiger partial charge >= 0.3 is 11.9 Å². The minimum absolute atomic E-state index is 0. The smallest absolute Gasteiger partial charge is 0.414 e. The fourth-order valence-electron chi connectivity index (χ4n) is 6.61. The first kappa shape index (κ1) is 35.2. The van der Waals surface area contributed by atoms with Crippen molar-refractivity contribution in [3.63, 3.8) is 0 Å². The van der Waals surface area contributed by atoms with Gasteiger partial charge in [-0.2, -0.15) is 0 Å². The zero-order valence-corrected chi connectivity index (χ0v) is 26.6. The molecule has 2 atom stereocenters. The molecule has 2 unspecified atom stereocenters. The number of hydrogen-bond donors (Lipinski definition) is 3. The Balaban J connectivity index is 0.000000655. The number of benzene rings is 4. The maximum atomic E-state index is 13.2. The van der Waals surface area contributed by atoms with Crippen LogP contribution >= 0.6 is 11.6 Å². The van der Waals surface area contributed by atoms with Crippen LogP contribution in [0.5, 0.6) is 0 Å². The molecule has 0 radical (unpaired) electrons. The molecule has 246 valence electrons. The van der Waals surface area contributed by atoms with Gasteiger partial charge in [-0.3, -0.25) is 4.79 Å². The molecule has 47 heavy (non-hydrogen) atoms. The highest BCUT2D eigenvalue weighted by molar-refractivity contribution is 6.30. The van der Waals surface area contributed by atoms with Crippen molar-refractivity contribution in [3.8, 4) is 0 Å². The maximum absolute atomic E-state index is 13.2. The molecule has 2 saturated heterocycles. The third-order valence-corrected chi connectivity index (χ3v) is 9.12. The van der Waals surface area contributed by atoms with E-state index in [1.54, 1.807) is 0 Å². The third kappa shape index (κ3) is 8.00. The number of hydrogen-bond acceptors (Lipinski definition) is 5. The number of piperidine rings is 2. The van der Waals surface area contributed by atoms with Gasteiger partial charge in [-0.1, -0.05) is 90.5 Å². The van der Waals surface area contributed by atoms with Gasteiger partial charge in [-0.15, -0.1) is 0 Å². The van der Waals surface area contributed by atoms with E-state index in [4.69, 9.17) is 31.4 Å². The Morgan fingerprint density at radius 1 is 0.723 bits per heavy atom. The zero-order valence-electron chi connectivity index (χ0n) is 25.8. The van der Waals surface area contributed by atoms with Gasteiger partial charge in [0, 0.05) is 35.9 Å². The van der Waals surface area contributed by atoms with Crippen molar-refractivity contribution in [2.24, 2.45) is 5.92 Å². The summed E-state index contributed by atoms with van der Waals surface area (Å²) in [6, 6.07) is 36.5. The SMILES string of the molecule is O.O=C(O)C(=O)O.O=C1CCCC(c2ccccc2)N1c1cccc(N2CCC(C(O)(c3ccccc3)c3ccc(Cl)cc3)CC2)c1. The Morgan fingerprint density at radius 3 is 1.87 bits per heavy atom. The van der Waals surface area contributed by atoms with Gasteiger partial charge in [0.1, 0.15) is 5.60 Å². The summed E-state index contributed by atoms with van der Waals surface area (Å²) >= 11 is 6.19. The van der Waals surface area contributed by atoms with Crippen molar-refractivity contribution in [2.75, 3.05) is 22.9 Å². The van der Waals surface area contributed by atoms with E-state index < -0.39 is 17.5 Å². The van der Waals surface area contributed by atoms with E-state index in [1.165, 1.54) is 5.56 Å². The molecule has 4 aromatic carbocycles. The summed E-state index contributed by atoms with van der Waals surface area (Å²) in [5, 5.41) is 27.7. The highest BCUT2D eigenvalue weighted by Crippen LogP contribution is 2.43.